The quantitative estimate of drug-likeness (QED) is 0.0702. The molecule has 6 heteroatoms. The summed E-state index contributed by atoms with van der Waals surface area (Å²) in [5, 5.41) is 27.5. The minimum atomic E-state index is 0.502. The summed E-state index contributed by atoms with van der Waals surface area (Å²) in [5.74, 6) is 1.25. The molecule has 0 spiro atoms. The van der Waals surface area contributed by atoms with E-state index in [4.69, 9.17) is 4.98 Å². The van der Waals surface area contributed by atoms with Gasteiger partial charge in [0.15, 0.2) is 0 Å². The van der Waals surface area contributed by atoms with Gasteiger partial charge in [0.25, 0.3) is 0 Å². The van der Waals surface area contributed by atoms with Crippen molar-refractivity contribution in [2.45, 2.75) is 13.8 Å². The number of allylic oxidation sites excluding steroid dienone is 8. The Morgan fingerprint density at radius 3 is 1.95 bits per heavy atom. The zero-order valence-corrected chi connectivity index (χ0v) is 33.4. The van der Waals surface area contributed by atoms with Crippen LogP contribution >= 0.6 is 0 Å². The molecule has 0 N–H and O–H groups in total. The van der Waals surface area contributed by atoms with Gasteiger partial charge in [-0.15, -0.1) is 0 Å². The van der Waals surface area contributed by atoms with Crippen LogP contribution in [0.4, 0.5) is 28.6 Å². The van der Waals surface area contributed by atoms with Crippen LogP contribution in [0.1, 0.15) is 30.5 Å². The molecule has 60 heavy (non-hydrogen) atoms. The monoisotopic (exact) mass is 772 g/mol. The van der Waals surface area contributed by atoms with Gasteiger partial charge in [-0.1, -0.05) is 128 Å². The van der Waals surface area contributed by atoms with Gasteiger partial charge in [-0.25, -0.2) is 9.98 Å². The maximum Gasteiger partial charge on any atom is 0.137 e. The van der Waals surface area contributed by atoms with E-state index in [9.17, 15) is 10.5 Å². The molecular weight excluding hydrogens is 733 g/mol. The molecule has 0 fully saturated rings. The first-order valence-corrected chi connectivity index (χ1v) is 19.6. The van der Waals surface area contributed by atoms with E-state index in [-0.39, 0.29) is 0 Å². The number of aliphatic imine (C=N–C) groups is 1. The van der Waals surface area contributed by atoms with E-state index >= 15 is 0 Å². The fourth-order valence-electron chi connectivity index (χ4n) is 7.97. The Kier molecular flexibility index (Phi) is 10.9. The summed E-state index contributed by atoms with van der Waals surface area (Å²) in [5.41, 5.74) is 7.96. The van der Waals surface area contributed by atoms with E-state index in [1.807, 2.05) is 140 Å². The van der Waals surface area contributed by atoms with E-state index in [2.05, 4.69) is 83.9 Å². The molecule has 0 aliphatic rings. The number of hydrogen-bond acceptors (Lipinski definition) is 6. The van der Waals surface area contributed by atoms with Crippen molar-refractivity contribution in [2.75, 3.05) is 9.80 Å². The van der Waals surface area contributed by atoms with Crippen molar-refractivity contribution in [3.63, 3.8) is 0 Å². The van der Waals surface area contributed by atoms with Crippen molar-refractivity contribution >= 4 is 73.2 Å². The molecule has 8 rings (SSSR count). The topological polar surface area (TPSA) is 79.3 Å². The third-order valence-corrected chi connectivity index (χ3v) is 10.6. The lowest BCUT2D eigenvalue weighted by atomic mass is 9.91. The van der Waals surface area contributed by atoms with E-state index in [0.29, 0.717) is 34.1 Å². The predicted octanol–water partition coefficient (Wildman–Crippen LogP) is 14.3. The third kappa shape index (κ3) is 7.00. The van der Waals surface area contributed by atoms with Crippen LogP contribution in [-0.2, 0) is 0 Å². The summed E-state index contributed by atoms with van der Waals surface area (Å²) in [4.78, 5) is 13.4. The zero-order chi connectivity index (χ0) is 41.6. The van der Waals surface area contributed by atoms with Gasteiger partial charge in [-0.05, 0) is 119 Å². The fraction of sp³-hybridized carbons (Fsp3) is 0.0370. The van der Waals surface area contributed by atoms with Gasteiger partial charge in [-0.2, -0.15) is 10.5 Å². The summed E-state index contributed by atoms with van der Waals surface area (Å²) in [6.45, 7) is 11.8. The molecule has 0 saturated carbocycles. The molecule has 6 nitrogen and oxygen atoms in total. The summed E-state index contributed by atoms with van der Waals surface area (Å²) in [6.07, 6.45) is 15.2. The lowest BCUT2D eigenvalue weighted by molar-refractivity contribution is 1.13. The average Bonchev–Trinajstić information content (AvgIpc) is 3.30. The van der Waals surface area contributed by atoms with Crippen molar-refractivity contribution in [3.8, 4) is 23.3 Å². The van der Waals surface area contributed by atoms with Crippen molar-refractivity contribution in [2.24, 2.45) is 4.99 Å². The number of nitrogens with zero attached hydrogens (tertiary/aromatic N) is 6. The van der Waals surface area contributed by atoms with Crippen molar-refractivity contribution < 1.29 is 0 Å². The molecule has 0 radical (unpaired) electrons. The molecule has 0 amide bonds. The van der Waals surface area contributed by atoms with E-state index in [1.54, 1.807) is 12.3 Å². The Hall–Kier alpha value is -8.32. The first-order chi connectivity index (χ1) is 29.5. The maximum absolute atomic E-state index is 10.7. The van der Waals surface area contributed by atoms with E-state index in [1.165, 1.54) is 0 Å². The van der Waals surface area contributed by atoms with Gasteiger partial charge in [0.05, 0.1) is 33.9 Å². The Balaban J connectivity index is 1.38. The first kappa shape index (κ1) is 38.5. The Labute approximate surface area is 350 Å². The van der Waals surface area contributed by atoms with Crippen LogP contribution in [0.2, 0.25) is 0 Å². The first-order valence-electron chi connectivity index (χ1n) is 19.6. The largest absolute Gasteiger partial charge is 0.293 e. The van der Waals surface area contributed by atoms with Gasteiger partial charge < -0.3 is 0 Å². The Bertz CT molecular complexity index is 3120. The second-order valence-electron chi connectivity index (χ2n) is 14.1. The molecule has 0 aliphatic heterocycles. The minimum absolute atomic E-state index is 0.502. The molecule has 1 heterocycles. The Morgan fingerprint density at radius 1 is 0.650 bits per heavy atom. The van der Waals surface area contributed by atoms with Gasteiger partial charge in [-0.3, -0.25) is 9.80 Å². The summed E-state index contributed by atoms with van der Waals surface area (Å²) in [7, 11) is 0. The van der Waals surface area contributed by atoms with Crippen LogP contribution in [0, 0.1) is 22.7 Å². The summed E-state index contributed by atoms with van der Waals surface area (Å²) < 4.78 is 0. The number of rotatable bonds is 12. The van der Waals surface area contributed by atoms with Crippen molar-refractivity contribution in [1.82, 2.24) is 4.98 Å². The zero-order valence-electron chi connectivity index (χ0n) is 33.4. The highest BCUT2D eigenvalue weighted by Crippen LogP contribution is 2.47. The van der Waals surface area contributed by atoms with Crippen LogP contribution in [0.5, 0.6) is 0 Å². The van der Waals surface area contributed by atoms with Crippen LogP contribution in [0.15, 0.2) is 200 Å². The van der Waals surface area contributed by atoms with Gasteiger partial charge in [0.2, 0.25) is 0 Å². The molecule has 8 aromatic rings. The molecule has 1 aromatic heterocycles. The van der Waals surface area contributed by atoms with Gasteiger partial charge in [0, 0.05) is 17.0 Å². The van der Waals surface area contributed by atoms with Crippen LogP contribution < -0.4 is 9.80 Å². The lowest BCUT2D eigenvalue weighted by Gasteiger charge is -2.29. The Morgan fingerprint density at radius 2 is 1.30 bits per heavy atom. The van der Waals surface area contributed by atoms with Gasteiger partial charge >= 0.3 is 0 Å². The molecule has 0 unspecified atom stereocenters. The molecule has 0 atom stereocenters. The minimum Gasteiger partial charge on any atom is -0.293 e. The van der Waals surface area contributed by atoms with Gasteiger partial charge in [0.1, 0.15) is 23.8 Å². The molecule has 286 valence electrons. The van der Waals surface area contributed by atoms with Crippen LogP contribution in [0.3, 0.4) is 0 Å². The summed E-state index contributed by atoms with van der Waals surface area (Å²) >= 11 is 0. The molecular formula is C54H40N6. The second-order valence-corrected chi connectivity index (χ2v) is 14.1. The van der Waals surface area contributed by atoms with Crippen molar-refractivity contribution in [1.29, 1.82) is 10.5 Å². The number of hydrogen-bond donors (Lipinski definition) is 0. The number of aromatic nitrogens is 1. The number of pyridine rings is 1. The summed E-state index contributed by atoms with van der Waals surface area (Å²) in [6, 6.07) is 49.8. The molecule has 0 saturated heterocycles. The number of benzene rings is 7. The van der Waals surface area contributed by atoms with E-state index in [0.717, 1.165) is 66.0 Å². The highest BCUT2D eigenvalue weighted by Gasteiger charge is 2.25. The van der Waals surface area contributed by atoms with Crippen molar-refractivity contribution in [3.05, 3.63) is 211 Å². The normalized spacial score (nSPS) is 12.0. The highest BCUT2D eigenvalue weighted by molar-refractivity contribution is 6.28. The van der Waals surface area contributed by atoms with E-state index < -0.39 is 0 Å². The third-order valence-electron chi connectivity index (χ3n) is 10.6. The molecule has 7 aromatic carbocycles. The fourth-order valence-corrected chi connectivity index (χ4v) is 7.97. The molecule has 0 bridgehead atoms. The second kappa shape index (κ2) is 17.0. The maximum atomic E-state index is 10.7. The lowest BCUT2D eigenvalue weighted by Crippen LogP contribution is -2.17. The smallest absolute Gasteiger partial charge is 0.137 e. The predicted molar refractivity (Wildman–Crippen MR) is 252 cm³/mol. The SMILES string of the molecule is C=C/C=C(\C=C/C)c1ccc(N(c2ccccn2)c2ccc3ccc4c(N(/C(=C/C=C\C)N=C)c5ccc(-c6ccccc6)cc5C#N)ccc5ccc2c3c54)c(C#N)c1. The molecule has 0 aliphatic carbocycles. The van der Waals surface area contributed by atoms with Crippen LogP contribution in [0.25, 0.3) is 49.0 Å². The average molecular weight is 773 g/mol. The number of anilines is 5. The standard InChI is InChI=1S/C54H40N6/c1-5-8-18-51(57-4)59(47-28-25-42(34-43(47)35-55)38-16-10-9-11-17-38)49-30-22-39-21-27-46-50(31-23-40-20-26-45(49)53(39)54(40)46)60(52-19-12-13-32-58-52)48-29-24-41(33-44(48)36-56)37(14-6-2)15-7-3/h5-34H,2,4H2,1,3H3/b8-5-,15-7-,37-14+,51-18+. The number of nitriles is 2. The highest BCUT2D eigenvalue weighted by atomic mass is 15.2. The van der Waals surface area contributed by atoms with Crippen LogP contribution in [-0.4, -0.2) is 11.7 Å².